The first kappa shape index (κ1) is 19.8. The Morgan fingerprint density at radius 2 is 1.70 bits per heavy atom. The van der Waals surface area contributed by atoms with E-state index in [0.29, 0.717) is 44.0 Å². The molecule has 1 saturated heterocycles. The van der Waals surface area contributed by atoms with Crippen molar-refractivity contribution in [3.8, 4) is 5.75 Å². The Morgan fingerprint density at radius 1 is 1.07 bits per heavy atom. The van der Waals surface area contributed by atoms with Crippen LogP contribution in [0.25, 0.3) is 0 Å². The van der Waals surface area contributed by atoms with Gasteiger partial charge in [-0.15, -0.1) is 0 Å². The average Bonchev–Trinajstić information content (AvgIpc) is 2.68. The molecule has 7 heteroatoms. The maximum absolute atomic E-state index is 13.0. The van der Waals surface area contributed by atoms with Gasteiger partial charge in [-0.3, -0.25) is 9.69 Å². The highest BCUT2D eigenvalue weighted by Crippen LogP contribution is 2.16. The summed E-state index contributed by atoms with van der Waals surface area (Å²) in [5, 5.41) is 10.2. The first-order valence-electron chi connectivity index (χ1n) is 8.85. The molecule has 1 heterocycles. The number of aliphatic hydroxyl groups is 1. The van der Waals surface area contributed by atoms with Gasteiger partial charge in [0.1, 0.15) is 24.3 Å². The van der Waals surface area contributed by atoms with Gasteiger partial charge in [-0.2, -0.15) is 0 Å². The third-order valence-corrected chi connectivity index (χ3v) is 5.00. The van der Waals surface area contributed by atoms with Crippen molar-refractivity contribution in [1.82, 2.24) is 9.80 Å². The summed E-state index contributed by atoms with van der Waals surface area (Å²) in [6.45, 7) is 3.24. The maximum atomic E-state index is 13.0. The lowest BCUT2D eigenvalue weighted by molar-refractivity contribution is 0.0403. The summed E-state index contributed by atoms with van der Waals surface area (Å²) in [5.74, 6) is 0.274. The first-order chi connectivity index (χ1) is 13.0. The molecule has 0 aliphatic carbocycles. The highest BCUT2D eigenvalue weighted by atomic mass is 79.9. The molecule has 1 amide bonds. The number of benzene rings is 2. The second kappa shape index (κ2) is 9.30. The van der Waals surface area contributed by atoms with Gasteiger partial charge < -0.3 is 14.7 Å². The number of amides is 1. The Balaban J connectivity index is 1.41. The van der Waals surface area contributed by atoms with E-state index < -0.39 is 6.10 Å². The largest absolute Gasteiger partial charge is 0.491 e. The SMILES string of the molecule is O=C(c1ccc(F)cc1)N1CCN(C[C@H](O)COc2ccc(Br)cc2)CC1. The van der Waals surface area contributed by atoms with Crippen molar-refractivity contribution >= 4 is 21.8 Å². The zero-order chi connectivity index (χ0) is 19.2. The third kappa shape index (κ3) is 5.76. The zero-order valence-corrected chi connectivity index (χ0v) is 16.4. The topological polar surface area (TPSA) is 53.0 Å². The predicted octanol–water partition coefficient (Wildman–Crippen LogP) is 2.79. The Morgan fingerprint density at radius 3 is 2.33 bits per heavy atom. The quantitative estimate of drug-likeness (QED) is 0.756. The number of β-amino-alcohol motifs (C(OH)–C–C–N with tert-alkyl or cyclic N) is 1. The fourth-order valence-corrected chi connectivity index (χ4v) is 3.25. The van der Waals surface area contributed by atoms with E-state index in [-0.39, 0.29) is 18.3 Å². The molecule has 0 unspecified atom stereocenters. The van der Waals surface area contributed by atoms with E-state index >= 15 is 0 Å². The number of halogens is 2. The van der Waals surface area contributed by atoms with E-state index in [2.05, 4.69) is 20.8 Å². The van der Waals surface area contributed by atoms with E-state index in [0.717, 1.165) is 4.47 Å². The van der Waals surface area contributed by atoms with E-state index in [1.807, 2.05) is 24.3 Å². The molecule has 27 heavy (non-hydrogen) atoms. The van der Waals surface area contributed by atoms with Gasteiger partial charge >= 0.3 is 0 Å². The zero-order valence-electron chi connectivity index (χ0n) is 14.9. The minimum absolute atomic E-state index is 0.0891. The van der Waals surface area contributed by atoms with Crippen LogP contribution in [0.1, 0.15) is 10.4 Å². The van der Waals surface area contributed by atoms with Crippen LogP contribution in [-0.4, -0.2) is 66.2 Å². The molecular weight excluding hydrogens is 415 g/mol. The van der Waals surface area contributed by atoms with Crippen molar-refractivity contribution in [2.75, 3.05) is 39.3 Å². The van der Waals surface area contributed by atoms with Crippen LogP contribution in [0.3, 0.4) is 0 Å². The summed E-state index contributed by atoms with van der Waals surface area (Å²) in [6.07, 6.45) is -0.604. The van der Waals surface area contributed by atoms with Crippen LogP contribution in [0.5, 0.6) is 5.75 Å². The van der Waals surface area contributed by atoms with Gasteiger partial charge in [0.25, 0.3) is 5.91 Å². The summed E-state index contributed by atoms with van der Waals surface area (Å²) in [6, 6.07) is 13.1. The molecule has 0 aromatic heterocycles. The number of hydrogen-bond acceptors (Lipinski definition) is 4. The fraction of sp³-hybridized carbons (Fsp3) is 0.350. The number of carbonyl (C=O) groups excluding carboxylic acids is 1. The van der Waals surface area contributed by atoms with Crippen LogP contribution < -0.4 is 4.74 Å². The molecule has 2 aromatic carbocycles. The molecule has 5 nitrogen and oxygen atoms in total. The van der Waals surface area contributed by atoms with Gasteiger partial charge in [-0.05, 0) is 48.5 Å². The summed E-state index contributed by atoms with van der Waals surface area (Å²) < 4.78 is 19.6. The molecule has 2 aromatic rings. The molecule has 1 fully saturated rings. The van der Waals surface area contributed by atoms with Gasteiger partial charge in [-0.25, -0.2) is 4.39 Å². The smallest absolute Gasteiger partial charge is 0.253 e. The van der Waals surface area contributed by atoms with Crippen LogP contribution in [0.2, 0.25) is 0 Å². The Bertz CT molecular complexity index is 747. The molecule has 144 valence electrons. The van der Waals surface area contributed by atoms with Crippen molar-refractivity contribution < 1.29 is 19.0 Å². The lowest BCUT2D eigenvalue weighted by Crippen LogP contribution is -2.50. The standard InChI is InChI=1S/C20H22BrFN2O3/c21-16-3-7-19(8-4-16)27-14-18(25)13-23-9-11-24(12-10-23)20(26)15-1-5-17(22)6-2-15/h1-8,18,25H,9-14H2/t18-/m0/s1. The van der Waals surface area contributed by atoms with Crippen LogP contribution in [-0.2, 0) is 0 Å². The Kier molecular flexibility index (Phi) is 6.82. The number of aliphatic hydroxyl groups excluding tert-OH is 1. The molecule has 3 rings (SSSR count). The third-order valence-electron chi connectivity index (χ3n) is 4.48. The molecule has 1 aliphatic heterocycles. The van der Waals surface area contributed by atoms with E-state index in [9.17, 15) is 14.3 Å². The number of ether oxygens (including phenoxy) is 1. The monoisotopic (exact) mass is 436 g/mol. The Hall–Kier alpha value is -1.96. The molecular formula is C20H22BrFN2O3. The number of nitrogens with zero attached hydrogens (tertiary/aromatic N) is 2. The lowest BCUT2D eigenvalue weighted by Gasteiger charge is -2.35. The second-order valence-electron chi connectivity index (χ2n) is 6.52. The van der Waals surface area contributed by atoms with Gasteiger partial charge in [0.2, 0.25) is 0 Å². The normalized spacial score (nSPS) is 16.2. The lowest BCUT2D eigenvalue weighted by atomic mass is 10.1. The van der Waals surface area contributed by atoms with E-state index in [1.54, 1.807) is 4.90 Å². The van der Waals surface area contributed by atoms with Crippen molar-refractivity contribution in [3.05, 3.63) is 64.4 Å². The summed E-state index contributed by atoms with van der Waals surface area (Å²) >= 11 is 3.37. The van der Waals surface area contributed by atoms with Gasteiger partial charge in [0, 0.05) is 42.8 Å². The van der Waals surface area contributed by atoms with Crippen LogP contribution in [0.15, 0.2) is 53.0 Å². The van der Waals surface area contributed by atoms with Crippen molar-refractivity contribution in [2.24, 2.45) is 0 Å². The summed E-state index contributed by atoms with van der Waals surface area (Å²) in [5.41, 5.74) is 0.493. The second-order valence-corrected chi connectivity index (χ2v) is 7.43. The minimum atomic E-state index is -0.604. The van der Waals surface area contributed by atoms with Crippen LogP contribution in [0.4, 0.5) is 4.39 Å². The summed E-state index contributed by atoms with van der Waals surface area (Å²) in [7, 11) is 0. The average molecular weight is 437 g/mol. The molecule has 1 atom stereocenters. The van der Waals surface area contributed by atoms with Gasteiger partial charge in [0.05, 0.1) is 0 Å². The van der Waals surface area contributed by atoms with E-state index in [1.165, 1.54) is 24.3 Å². The minimum Gasteiger partial charge on any atom is -0.491 e. The molecule has 1 N–H and O–H groups in total. The molecule has 1 aliphatic rings. The van der Waals surface area contributed by atoms with Crippen molar-refractivity contribution in [2.45, 2.75) is 6.10 Å². The highest BCUT2D eigenvalue weighted by molar-refractivity contribution is 9.10. The first-order valence-corrected chi connectivity index (χ1v) is 9.64. The summed E-state index contributed by atoms with van der Waals surface area (Å²) in [4.78, 5) is 16.3. The maximum Gasteiger partial charge on any atom is 0.253 e. The molecule has 0 saturated carbocycles. The van der Waals surface area contributed by atoms with Crippen molar-refractivity contribution in [3.63, 3.8) is 0 Å². The van der Waals surface area contributed by atoms with Crippen LogP contribution >= 0.6 is 15.9 Å². The van der Waals surface area contributed by atoms with Crippen molar-refractivity contribution in [1.29, 1.82) is 0 Å². The van der Waals surface area contributed by atoms with Gasteiger partial charge in [0.15, 0.2) is 0 Å². The predicted molar refractivity (Wildman–Crippen MR) is 104 cm³/mol. The molecule has 0 bridgehead atoms. The fourth-order valence-electron chi connectivity index (χ4n) is 2.98. The number of carbonyl (C=O) groups is 1. The van der Waals surface area contributed by atoms with Crippen LogP contribution in [0, 0.1) is 5.82 Å². The number of hydrogen-bond donors (Lipinski definition) is 1. The Labute approximate surface area is 166 Å². The molecule has 0 spiro atoms. The van der Waals surface area contributed by atoms with Gasteiger partial charge in [-0.1, -0.05) is 15.9 Å². The number of rotatable bonds is 6. The van der Waals surface area contributed by atoms with E-state index in [4.69, 9.17) is 4.74 Å². The number of piperazine rings is 1. The molecule has 0 radical (unpaired) electrons. The highest BCUT2D eigenvalue weighted by Gasteiger charge is 2.23.